The standard InChI is InChI=1S/C16H20N2O2/c1-2-18-10-16(9-14(18)19)6-5-11-7-12(15(17)20)3-4-13(11)8-16/h3-4,7H,2,5-6,8-10H2,1H3,(H2,17,20). The molecule has 1 aromatic carbocycles. The Balaban J connectivity index is 1.86. The fourth-order valence-corrected chi connectivity index (χ4v) is 3.63. The van der Waals surface area contributed by atoms with Crippen LogP contribution < -0.4 is 5.73 Å². The Labute approximate surface area is 118 Å². The van der Waals surface area contributed by atoms with Gasteiger partial charge in [-0.25, -0.2) is 0 Å². The molecule has 2 N–H and O–H groups in total. The molecule has 1 fully saturated rings. The van der Waals surface area contributed by atoms with E-state index >= 15 is 0 Å². The highest BCUT2D eigenvalue weighted by Crippen LogP contribution is 2.43. The van der Waals surface area contributed by atoms with Crippen LogP contribution in [0.3, 0.4) is 0 Å². The minimum Gasteiger partial charge on any atom is -0.366 e. The largest absolute Gasteiger partial charge is 0.366 e. The van der Waals surface area contributed by atoms with Crippen molar-refractivity contribution < 1.29 is 9.59 Å². The zero-order valence-electron chi connectivity index (χ0n) is 11.8. The molecule has 4 heteroatoms. The molecule has 1 atom stereocenters. The Hall–Kier alpha value is -1.84. The van der Waals surface area contributed by atoms with E-state index in [-0.39, 0.29) is 17.2 Å². The third-order valence-electron chi connectivity index (χ3n) is 4.77. The summed E-state index contributed by atoms with van der Waals surface area (Å²) in [6.07, 6.45) is 3.55. The smallest absolute Gasteiger partial charge is 0.248 e. The van der Waals surface area contributed by atoms with E-state index in [0.717, 1.165) is 32.4 Å². The van der Waals surface area contributed by atoms with E-state index in [0.29, 0.717) is 12.0 Å². The van der Waals surface area contributed by atoms with Crippen molar-refractivity contribution in [2.75, 3.05) is 13.1 Å². The maximum absolute atomic E-state index is 12.0. The van der Waals surface area contributed by atoms with Crippen LogP contribution in [0.5, 0.6) is 0 Å². The molecular formula is C16H20N2O2. The van der Waals surface area contributed by atoms with Gasteiger partial charge in [-0.15, -0.1) is 0 Å². The van der Waals surface area contributed by atoms with Crippen LogP contribution in [0.1, 0.15) is 41.3 Å². The number of hydrogen-bond acceptors (Lipinski definition) is 2. The molecule has 1 unspecified atom stereocenters. The SMILES string of the molecule is CCN1CC2(CCc3cc(C(N)=O)ccc3C2)CC1=O. The van der Waals surface area contributed by atoms with Crippen molar-refractivity contribution in [1.29, 1.82) is 0 Å². The lowest BCUT2D eigenvalue weighted by atomic mass is 9.71. The number of hydrogen-bond donors (Lipinski definition) is 1. The van der Waals surface area contributed by atoms with Crippen molar-refractivity contribution in [2.24, 2.45) is 11.1 Å². The van der Waals surface area contributed by atoms with E-state index in [4.69, 9.17) is 5.73 Å². The first-order chi connectivity index (χ1) is 9.53. The van der Waals surface area contributed by atoms with Crippen molar-refractivity contribution >= 4 is 11.8 Å². The number of benzene rings is 1. The maximum atomic E-state index is 12.0. The second-order valence-corrected chi connectivity index (χ2v) is 6.11. The second kappa shape index (κ2) is 4.62. The highest BCUT2D eigenvalue weighted by molar-refractivity contribution is 5.93. The van der Waals surface area contributed by atoms with Gasteiger partial charge in [0, 0.05) is 30.5 Å². The second-order valence-electron chi connectivity index (χ2n) is 6.11. The van der Waals surface area contributed by atoms with Gasteiger partial charge in [-0.1, -0.05) is 6.07 Å². The lowest BCUT2D eigenvalue weighted by Crippen LogP contribution is -2.33. The number of fused-ring (bicyclic) bond motifs is 1. The summed E-state index contributed by atoms with van der Waals surface area (Å²) >= 11 is 0. The third kappa shape index (κ3) is 2.09. The van der Waals surface area contributed by atoms with Crippen LogP contribution >= 0.6 is 0 Å². The summed E-state index contributed by atoms with van der Waals surface area (Å²) < 4.78 is 0. The summed E-state index contributed by atoms with van der Waals surface area (Å²) in [5, 5.41) is 0. The predicted molar refractivity (Wildman–Crippen MR) is 76.3 cm³/mol. The topological polar surface area (TPSA) is 63.4 Å². The Morgan fingerprint density at radius 1 is 1.35 bits per heavy atom. The van der Waals surface area contributed by atoms with Gasteiger partial charge in [0.25, 0.3) is 0 Å². The average molecular weight is 272 g/mol. The first-order valence-corrected chi connectivity index (χ1v) is 7.22. The van der Waals surface area contributed by atoms with Gasteiger partial charge in [-0.05, 0) is 49.4 Å². The first kappa shape index (κ1) is 13.2. The van der Waals surface area contributed by atoms with E-state index in [1.54, 1.807) is 6.07 Å². The third-order valence-corrected chi connectivity index (χ3v) is 4.77. The predicted octanol–water partition coefficient (Wildman–Crippen LogP) is 1.51. The Morgan fingerprint density at radius 2 is 2.15 bits per heavy atom. The summed E-state index contributed by atoms with van der Waals surface area (Å²) in [6, 6.07) is 5.73. The number of primary amides is 1. The number of carbonyl (C=O) groups excluding carboxylic acids is 2. The fourth-order valence-electron chi connectivity index (χ4n) is 3.63. The van der Waals surface area contributed by atoms with Crippen molar-refractivity contribution in [1.82, 2.24) is 4.90 Å². The van der Waals surface area contributed by atoms with Crippen molar-refractivity contribution in [2.45, 2.75) is 32.6 Å². The molecule has 1 heterocycles. The molecule has 0 radical (unpaired) electrons. The van der Waals surface area contributed by atoms with Gasteiger partial charge >= 0.3 is 0 Å². The Kier molecular flexibility index (Phi) is 3.04. The van der Waals surface area contributed by atoms with Gasteiger partial charge in [0.1, 0.15) is 0 Å². The van der Waals surface area contributed by atoms with Crippen molar-refractivity contribution in [3.63, 3.8) is 0 Å². The normalized spacial score (nSPS) is 25.1. The van der Waals surface area contributed by atoms with E-state index < -0.39 is 0 Å². The van der Waals surface area contributed by atoms with Crippen molar-refractivity contribution in [3.05, 3.63) is 34.9 Å². The number of likely N-dealkylation sites (tertiary alicyclic amines) is 1. The summed E-state index contributed by atoms with van der Waals surface area (Å²) in [4.78, 5) is 25.2. The average Bonchev–Trinajstić information content (AvgIpc) is 2.74. The summed E-state index contributed by atoms with van der Waals surface area (Å²) in [7, 11) is 0. The highest BCUT2D eigenvalue weighted by Gasteiger charge is 2.44. The molecule has 0 saturated carbocycles. The molecule has 1 aliphatic carbocycles. The molecule has 20 heavy (non-hydrogen) atoms. The van der Waals surface area contributed by atoms with Gasteiger partial charge < -0.3 is 10.6 Å². The molecule has 1 aliphatic heterocycles. The van der Waals surface area contributed by atoms with Crippen LogP contribution in [-0.2, 0) is 17.6 Å². The lowest BCUT2D eigenvalue weighted by Gasteiger charge is -2.34. The molecule has 1 spiro atoms. The maximum Gasteiger partial charge on any atom is 0.248 e. The van der Waals surface area contributed by atoms with Gasteiger partial charge in [-0.3, -0.25) is 9.59 Å². The molecule has 0 aromatic heterocycles. The molecule has 106 valence electrons. The summed E-state index contributed by atoms with van der Waals surface area (Å²) in [5.41, 5.74) is 8.50. The van der Waals surface area contributed by atoms with Crippen molar-refractivity contribution in [3.8, 4) is 0 Å². The van der Waals surface area contributed by atoms with Crippen LogP contribution in [0, 0.1) is 5.41 Å². The Bertz CT molecular complexity index is 582. The van der Waals surface area contributed by atoms with E-state index in [2.05, 4.69) is 0 Å². The molecular weight excluding hydrogens is 252 g/mol. The van der Waals surface area contributed by atoms with Crippen LogP contribution in [-0.4, -0.2) is 29.8 Å². The van der Waals surface area contributed by atoms with Crippen LogP contribution in [0.2, 0.25) is 0 Å². The molecule has 2 amide bonds. The number of rotatable bonds is 2. The Morgan fingerprint density at radius 3 is 2.80 bits per heavy atom. The molecule has 3 rings (SSSR count). The van der Waals surface area contributed by atoms with Gasteiger partial charge in [0.15, 0.2) is 0 Å². The summed E-state index contributed by atoms with van der Waals surface area (Å²) in [5.74, 6) is -0.0917. The number of aryl methyl sites for hydroxylation is 1. The summed E-state index contributed by atoms with van der Waals surface area (Å²) in [6.45, 7) is 3.71. The number of amides is 2. The fraction of sp³-hybridized carbons (Fsp3) is 0.500. The molecule has 2 aliphatic rings. The van der Waals surface area contributed by atoms with Crippen LogP contribution in [0.25, 0.3) is 0 Å². The molecule has 1 aromatic rings. The quantitative estimate of drug-likeness (QED) is 0.887. The zero-order valence-corrected chi connectivity index (χ0v) is 11.8. The minimum absolute atomic E-state index is 0.105. The number of nitrogens with two attached hydrogens (primary N) is 1. The van der Waals surface area contributed by atoms with E-state index in [1.165, 1.54) is 11.1 Å². The minimum atomic E-state index is -0.374. The van der Waals surface area contributed by atoms with Gasteiger partial charge in [0.05, 0.1) is 0 Å². The van der Waals surface area contributed by atoms with E-state index in [9.17, 15) is 9.59 Å². The van der Waals surface area contributed by atoms with Crippen LogP contribution in [0.15, 0.2) is 18.2 Å². The van der Waals surface area contributed by atoms with Gasteiger partial charge in [0.2, 0.25) is 11.8 Å². The molecule has 4 nitrogen and oxygen atoms in total. The highest BCUT2D eigenvalue weighted by atomic mass is 16.2. The van der Waals surface area contributed by atoms with Crippen LogP contribution in [0.4, 0.5) is 0 Å². The zero-order chi connectivity index (χ0) is 14.3. The number of carbonyl (C=O) groups is 2. The molecule has 0 bridgehead atoms. The molecule has 1 saturated heterocycles. The lowest BCUT2D eigenvalue weighted by molar-refractivity contribution is -0.127. The monoisotopic (exact) mass is 272 g/mol. The van der Waals surface area contributed by atoms with Gasteiger partial charge in [-0.2, -0.15) is 0 Å². The van der Waals surface area contributed by atoms with E-state index in [1.807, 2.05) is 24.0 Å². The first-order valence-electron chi connectivity index (χ1n) is 7.22. The number of nitrogens with zero attached hydrogens (tertiary/aromatic N) is 1.